The number of rotatable bonds is 4. The van der Waals surface area contributed by atoms with E-state index >= 15 is 0 Å². The topological polar surface area (TPSA) is 29.3 Å². The van der Waals surface area contributed by atoms with Gasteiger partial charge in [-0.15, -0.1) is 0 Å². The molecule has 100 valence electrons. The molecule has 1 aliphatic carbocycles. The van der Waals surface area contributed by atoms with Crippen LogP contribution in [0.15, 0.2) is 18.2 Å². The maximum absolute atomic E-state index is 6.31. The van der Waals surface area contributed by atoms with Crippen LogP contribution in [0.4, 0.5) is 5.69 Å². The van der Waals surface area contributed by atoms with Crippen molar-refractivity contribution >= 4 is 17.3 Å². The van der Waals surface area contributed by atoms with Crippen LogP contribution in [0.25, 0.3) is 0 Å². The van der Waals surface area contributed by atoms with Crippen molar-refractivity contribution < 1.29 is 0 Å². The van der Waals surface area contributed by atoms with E-state index < -0.39 is 0 Å². The maximum Gasteiger partial charge on any atom is 0.0459 e. The first kappa shape index (κ1) is 13.7. The van der Waals surface area contributed by atoms with Crippen molar-refractivity contribution in [2.24, 2.45) is 5.73 Å². The number of halogens is 1. The standard InChI is InChI=1S/C15H23ClN2/c1-18(13-5-3-2-4-6-13)14-8-7-12(9-10-17)15(16)11-14/h7-8,11,13H,2-6,9-10,17H2,1H3. The van der Waals surface area contributed by atoms with Gasteiger partial charge in [-0.3, -0.25) is 0 Å². The van der Waals surface area contributed by atoms with Gasteiger partial charge in [0.25, 0.3) is 0 Å². The largest absolute Gasteiger partial charge is 0.372 e. The molecule has 1 aliphatic rings. The van der Waals surface area contributed by atoms with E-state index in [-0.39, 0.29) is 0 Å². The Kier molecular flexibility index (Phi) is 4.90. The van der Waals surface area contributed by atoms with Gasteiger partial charge in [0, 0.05) is 23.8 Å². The molecule has 2 N–H and O–H groups in total. The highest BCUT2D eigenvalue weighted by Crippen LogP contribution is 2.29. The molecule has 0 aromatic heterocycles. The molecule has 18 heavy (non-hydrogen) atoms. The molecule has 1 aromatic rings. The fourth-order valence-corrected chi connectivity index (χ4v) is 3.06. The average molecular weight is 267 g/mol. The Bertz CT molecular complexity index is 386. The molecule has 0 unspecified atom stereocenters. The Morgan fingerprint density at radius 2 is 2.00 bits per heavy atom. The second-order valence-electron chi connectivity index (χ2n) is 5.22. The Labute approximate surface area is 115 Å². The number of hydrogen-bond acceptors (Lipinski definition) is 2. The average Bonchev–Trinajstić information content (AvgIpc) is 2.41. The Balaban J connectivity index is 2.10. The third kappa shape index (κ3) is 3.18. The predicted octanol–water partition coefficient (Wildman–Crippen LogP) is 3.61. The van der Waals surface area contributed by atoms with Crippen LogP contribution in [0, 0.1) is 0 Å². The molecule has 0 saturated heterocycles. The first-order valence-corrected chi connectivity index (χ1v) is 7.31. The highest BCUT2D eigenvalue weighted by Gasteiger charge is 2.18. The highest BCUT2D eigenvalue weighted by molar-refractivity contribution is 6.31. The monoisotopic (exact) mass is 266 g/mol. The first-order chi connectivity index (χ1) is 8.72. The van der Waals surface area contributed by atoms with Crippen molar-refractivity contribution in [1.29, 1.82) is 0 Å². The van der Waals surface area contributed by atoms with Gasteiger partial charge in [-0.25, -0.2) is 0 Å². The van der Waals surface area contributed by atoms with Crippen molar-refractivity contribution in [2.45, 2.75) is 44.6 Å². The smallest absolute Gasteiger partial charge is 0.0459 e. The molecular formula is C15H23ClN2. The number of benzene rings is 1. The summed E-state index contributed by atoms with van der Waals surface area (Å²) < 4.78 is 0. The molecule has 0 aliphatic heterocycles. The van der Waals surface area contributed by atoms with Gasteiger partial charge in [0.15, 0.2) is 0 Å². The zero-order valence-corrected chi connectivity index (χ0v) is 11.9. The van der Waals surface area contributed by atoms with E-state index in [1.807, 2.05) is 0 Å². The molecular weight excluding hydrogens is 244 g/mol. The number of nitrogens with zero attached hydrogens (tertiary/aromatic N) is 1. The Hall–Kier alpha value is -0.730. The summed E-state index contributed by atoms with van der Waals surface area (Å²) in [4.78, 5) is 2.39. The molecule has 2 rings (SSSR count). The molecule has 0 bridgehead atoms. The van der Waals surface area contributed by atoms with Gasteiger partial charge in [0.05, 0.1) is 0 Å². The van der Waals surface area contributed by atoms with Crippen LogP contribution in [0.2, 0.25) is 5.02 Å². The van der Waals surface area contributed by atoms with Gasteiger partial charge in [-0.2, -0.15) is 0 Å². The van der Waals surface area contributed by atoms with Crippen LogP contribution in [-0.2, 0) is 6.42 Å². The Morgan fingerprint density at radius 1 is 1.28 bits per heavy atom. The summed E-state index contributed by atoms with van der Waals surface area (Å²) in [7, 11) is 2.18. The maximum atomic E-state index is 6.31. The number of hydrogen-bond donors (Lipinski definition) is 1. The van der Waals surface area contributed by atoms with Crippen molar-refractivity contribution in [3.63, 3.8) is 0 Å². The van der Waals surface area contributed by atoms with Crippen LogP contribution >= 0.6 is 11.6 Å². The third-order valence-electron chi connectivity index (χ3n) is 3.98. The van der Waals surface area contributed by atoms with E-state index in [0.717, 1.165) is 17.0 Å². The summed E-state index contributed by atoms with van der Waals surface area (Å²) in [6.07, 6.45) is 7.56. The minimum Gasteiger partial charge on any atom is -0.372 e. The predicted molar refractivity (Wildman–Crippen MR) is 79.5 cm³/mol. The third-order valence-corrected chi connectivity index (χ3v) is 4.33. The molecule has 0 atom stereocenters. The molecule has 2 nitrogen and oxygen atoms in total. The molecule has 0 radical (unpaired) electrons. The summed E-state index contributed by atoms with van der Waals surface area (Å²) in [5.74, 6) is 0. The minimum atomic E-state index is 0.650. The van der Waals surface area contributed by atoms with Crippen molar-refractivity contribution in [1.82, 2.24) is 0 Å². The lowest BCUT2D eigenvalue weighted by atomic mass is 9.94. The number of nitrogens with two attached hydrogens (primary N) is 1. The second-order valence-corrected chi connectivity index (χ2v) is 5.62. The van der Waals surface area contributed by atoms with E-state index in [9.17, 15) is 0 Å². The lowest BCUT2D eigenvalue weighted by Gasteiger charge is -2.33. The van der Waals surface area contributed by atoms with Gasteiger partial charge in [0.1, 0.15) is 0 Å². The van der Waals surface area contributed by atoms with E-state index in [4.69, 9.17) is 17.3 Å². The van der Waals surface area contributed by atoms with Crippen LogP contribution in [0.1, 0.15) is 37.7 Å². The first-order valence-electron chi connectivity index (χ1n) is 6.93. The van der Waals surface area contributed by atoms with Crippen LogP contribution in [0.5, 0.6) is 0 Å². The van der Waals surface area contributed by atoms with Gasteiger partial charge >= 0.3 is 0 Å². The van der Waals surface area contributed by atoms with Gasteiger partial charge < -0.3 is 10.6 Å². The van der Waals surface area contributed by atoms with Crippen molar-refractivity contribution in [2.75, 3.05) is 18.5 Å². The molecule has 3 heteroatoms. The van der Waals surface area contributed by atoms with Crippen molar-refractivity contribution in [3.05, 3.63) is 28.8 Å². The summed E-state index contributed by atoms with van der Waals surface area (Å²) in [6.45, 7) is 0.650. The summed E-state index contributed by atoms with van der Waals surface area (Å²) >= 11 is 6.31. The van der Waals surface area contributed by atoms with Crippen LogP contribution in [0.3, 0.4) is 0 Å². The zero-order valence-electron chi connectivity index (χ0n) is 11.2. The van der Waals surface area contributed by atoms with Gasteiger partial charge in [-0.05, 0) is 43.5 Å². The molecule has 1 aromatic carbocycles. The summed E-state index contributed by atoms with van der Waals surface area (Å²) in [6, 6.07) is 7.05. The lowest BCUT2D eigenvalue weighted by molar-refractivity contribution is 0.427. The summed E-state index contributed by atoms with van der Waals surface area (Å²) in [5.41, 5.74) is 7.96. The van der Waals surface area contributed by atoms with Gasteiger partial charge in [-0.1, -0.05) is 36.9 Å². The van der Waals surface area contributed by atoms with E-state index in [0.29, 0.717) is 12.6 Å². The highest BCUT2D eigenvalue weighted by atomic mass is 35.5. The fourth-order valence-electron chi connectivity index (χ4n) is 2.79. The van der Waals surface area contributed by atoms with E-state index in [1.165, 1.54) is 37.8 Å². The van der Waals surface area contributed by atoms with Crippen LogP contribution < -0.4 is 10.6 Å². The lowest BCUT2D eigenvalue weighted by Crippen LogP contribution is -2.33. The van der Waals surface area contributed by atoms with E-state index in [2.05, 4.69) is 30.1 Å². The van der Waals surface area contributed by atoms with E-state index in [1.54, 1.807) is 0 Å². The SMILES string of the molecule is CN(c1ccc(CCN)c(Cl)c1)C1CCCCC1. The van der Waals surface area contributed by atoms with Gasteiger partial charge in [0.2, 0.25) is 0 Å². The minimum absolute atomic E-state index is 0.650. The molecule has 1 saturated carbocycles. The van der Waals surface area contributed by atoms with Crippen molar-refractivity contribution in [3.8, 4) is 0 Å². The zero-order chi connectivity index (χ0) is 13.0. The van der Waals surface area contributed by atoms with Crippen LogP contribution in [-0.4, -0.2) is 19.6 Å². The molecule has 0 amide bonds. The number of anilines is 1. The Morgan fingerprint density at radius 3 is 2.61 bits per heavy atom. The molecule has 1 fully saturated rings. The molecule has 0 spiro atoms. The quantitative estimate of drug-likeness (QED) is 0.902. The summed E-state index contributed by atoms with van der Waals surface area (Å²) in [5, 5.41) is 0.848. The fraction of sp³-hybridized carbons (Fsp3) is 0.600. The second kappa shape index (κ2) is 6.44. The normalized spacial score (nSPS) is 16.8. The molecule has 0 heterocycles.